The average Bonchev–Trinajstić information content (AvgIpc) is 2.53. The van der Waals surface area contributed by atoms with Crippen LogP contribution in [0.1, 0.15) is 58.2 Å². The minimum absolute atomic E-state index is 0.119. The molecule has 144 valence electrons. The summed E-state index contributed by atoms with van der Waals surface area (Å²) in [6, 6.07) is 0. The Morgan fingerprint density at radius 1 is 0.885 bits per heavy atom. The van der Waals surface area contributed by atoms with E-state index in [1.807, 2.05) is 13.8 Å². The molecule has 0 radical (unpaired) electrons. The van der Waals surface area contributed by atoms with Gasteiger partial charge in [-0.1, -0.05) is 13.8 Å². The van der Waals surface area contributed by atoms with Crippen LogP contribution < -0.4 is 4.90 Å². The SMILES string of the molecule is CC.CC(=O)OCC(=O)N(C)c1c(C)c(C(=O)Cl)c(C)c(C(=O)Cl)c1C. The van der Waals surface area contributed by atoms with Crippen LogP contribution >= 0.6 is 23.2 Å². The molecule has 0 bridgehead atoms. The first-order valence-corrected chi connectivity index (χ1v) is 8.69. The van der Waals surface area contributed by atoms with Crippen LogP contribution in [0.4, 0.5) is 5.69 Å². The minimum atomic E-state index is -0.758. The van der Waals surface area contributed by atoms with Crippen LogP contribution in [0.5, 0.6) is 0 Å². The van der Waals surface area contributed by atoms with Gasteiger partial charge in [0.1, 0.15) is 0 Å². The van der Waals surface area contributed by atoms with E-state index in [1.165, 1.54) is 18.9 Å². The minimum Gasteiger partial charge on any atom is -0.456 e. The fourth-order valence-electron chi connectivity index (χ4n) is 2.68. The summed E-state index contributed by atoms with van der Waals surface area (Å²) in [6.07, 6.45) is 0. The molecule has 0 atom stereocenters. The lowest BCUT2D eigenvalue weighted by Gasteiger charge is -2.25. The van der Waals surface area contributed by atoms with E-state index in [2.05, 4.69) is 4.74 Å². The maximum absolute atomic E-state index is 12.2. The number of hydrogen-bond acceptors (Lipinski definition) is 5. The average molecular weight is 404 g/mol. The molecule has 0 saturated carbocycles. The molecule has 0 unspecified atom stereocenters. The van der Waals surface area contributed by atoms with Crippen LogP contribution in [0, 0.1) is 20.8 Å². The van der Waals surface area contributed by atoms with Gasteiger partial charge in [0.05, 0.1) is 5.69 Å². The lowest BCUT2D eigenvalue weighted by atomic mass is 9.91. The van der Waals surface area contributed by atoms with Gasteiger partial charge in [-0.3, -0.25) is 19.2 Å². The fraction of sp³-hybridized carbons (Fsp3) is 0.444. The molecule has 0 saturated heterocycles. The standard InChI is InChI=1S/C16H17Cl2NO5.C2H6/c1-7-12(15(17)22)8(2)14(9(3)13(7)16(18)23)19(5)11(21)6-24-10(4)20;1-2/h6H2,1-5H3;1-2H3. The van der Waals surface area contributed by atoms with E-state index >= 15 is 0 Å². The van der Waals surface area contributed by atoms with Crippen molar-refractivity contribution in [2.24, 2.45) is 0 Å². The van der Waals surface area contributed by atoms with Crippen LogP contribution in [0.25, 0.3) is 0 Å². The number of amides is 1. The number of ether oxygens (including phenoxy) is 1. The Hall–Kier alpha value is -1.92. The van der Waals surface area contributed by atoms with E-state index in [0.29, 0.717) is 22.4 Å². The predicted octanol–water partition coefficient (Wildman–Crippen LogP) is 3.92. The predicted molar refractivity (Wildman–Crippen MR) is 102 cm³/mol. The Labute approximate surface area is 163 Å². The van der Waals surface area contributed by atoms with E-state index in [0.717, 1.165) is 0 Å². The van der Waals surface area contributed by atoms with Gasteiger partial charge in [-0.2, -0.15) is 0 Å². The molecule has 1 aromatic carbocycles. The molecule has 1 aromatic rings. The van der Waals surface area contributed by atoms with Gasteiger partial charge in [-0.15, -0.1) is 0 Å². The third kappa shape index (κ3) is 5.29. The molecule has 0 aliphatic heterocycles. The molecule has 0 aliphatic rings. The summed E-state index contributed by atoms with van der Waals surface area (Å²) in [4.78, 5) is 47.8. The summed E-state index contributed by atoms with van der Waals surface area (Å²) in [5.74, 6) is -1.12. The number of anilines is 1. The second-order valence-corrected chi connectivity index (χ2v) is 5.94. The van der Waals surface area contributed by atoms with Gasteiger partial charge in [0.25, 0.3) is 16.4 Å². The molecule has 0 spiro atoms. The summed E-state index contributed by atoms with van der Waals surface area (Å²) in [7, 11) is 1.45. The van der Waals surface area contributed by atoms with Crippen LogP contribution in [-0.2, 0) is 14.3 Å². The molecule has 8 heteroatoms. The molecule has 6 nitrogen and oxygen atoms in total. The number of likely N-dealkylation sites (N-methyl/N-ethyl adjacent to an activating group) is 1. The first kappa shape index (κ1) is 24.1. The van der Waals surface area contributed by atoms with Crippen molar-refractivity contribution in [3.63, 3.8) is 0 Å². The molecule has 0 aliphatic carbocycles. The molecule has 0 N–H and O–H groups in total. The first-order valence-electron chi connectivity index (χ1n) is 7.94. The van der Waals surface area contributed by atoms with Crippen LogP contribution in [0.2, 0.25) is 0 Å². The van der Waals surface area contributed by atoms with Crippen molar-refractivity contribution >= 4 is 51.3 Å². The Morgan fingerprint density at radius 2 is 1.27 bits per heavy atom. The number of benzene rings is 1. The highest BCUT2D eigenvalue weighted by atomic mass is 35.5. The van der Waals surface area contributed by atoms with Gasteiger partial charge in [0.15, 0.2) is 6.61 Å². The number of halogens is 2. The Kier molecular flexibility index (Phi) is 9.52. The third-order valence-corrected chi connectivity index (χ3v) is 4.09. The summed E-state index contributed by atoms with van der Waals surface area (Å²) < 4.78 is 4.69. The molecule has 0 heterocycles. The quantitative estimate of drug-likeness (QED) is 0.549. The number of nitrogens with zero attached hydrogens (tertiary/aromatic N) is 1. The van der Waals surface area contributed by atoms with Crippen molar-refractivity contribution < 1.29 is 23.9 Å². The highest BCUT2D eigenvalue weighted by Crippen LogP contribution is 2.35. The Balaban J connectivity index is 0.00000301. The number of esters is 1. The molecule has 1 amide bonds. The van der Waals surface area contributed by atoms with Crippen LogP contribution in [0.3, 0.4) is 0 Å². The molecule has 1 rings (SSSR count). The number of rotatable bonds is 5. The smallest absolute Gasteiger partial charge is 0.303 e. The summed E-state index contributed by atoms with van der Waals surface area (Å²) >= 11 is 11.3. The van der Waals surface area contributed by atoms with Crippen molar-refractivity contribution in [3.05, 3.63) is 27.8 Å². The lowest BCUT2D eigenvalue weighted by molar-refractivity contribution is -0.145. The maximum Gasteiger partial charge on any atom is 0.303 e. The molecular weight excluding hydrogens is 381 g/mol. The maximum atomic E-state index is 12.2. The van der Waals surface area contributed by atoms with E-state index in [1.54, 1.807) is 20.8 Å². The van der Waals surface area contributed by atoms with Gasteiger partial charge < -0.3 is 9.64 Å². The van der Waals surface area contributed by atoms with Crippen molar-refractivity contribution in [1.29, 1.82) is 0 Å². The van der Waals surface area contributed by atoms with Crippen molar-refractivity contribution in [1.82, 2.24) is 0 Å². The molecule has 0 fully saturated rings. The zero-order valence-electron chi connectivity index (χ0n) is 16.0. The highest BCUT2D eigenvalue weighted by Gasteiger charge is 2.27. The van der Waals surface area contributed by atoms with Crippen molar-refractivity contribution in [3.8, 4) is 0 Å². The highest BCUT2D eigenvalue weighted by molar-refractivity contribution is 6.69. The second-order valence-electron chi connectivity index (χ2n) is 5.25. The second kappa shape index (κ2) is 10.3. The van der Waals surface area contributed by atoms with E-state index in [4.69, 9.17) is 23.2 Å². The largest absolute Gasteiger partial charge is 0.456 e. The van der Waals surface area contributed by atoms with Gasteiger partial charge >= 0.3 is 5.97 Å². The fourth-order valence-corrected chi connectivity index (χ4v) is 3.25. The molecular formula is C18H23Cl2NO5. The lowest BCUT2D eigenvalue weighted by Crippen LogP contribution is -2.32. The third-order valence-electron chi connectivity index (χ3n) is 3.71. The summed E-state index contributed by atoms with van der Waals surface area (Å²) in [5.41, 5.74) is 1.79. The van der Waals surface area contributed by atoms with Crippen LogP contribution in [-0.4, -0.2) is 36.0 Å². The van der Waals surface area contributed by atoms with Crippen LogP contribution in [0.15, 0.2) is 0 Å². The van der Waals surface area contributed by atoms with Gasteiger partial charge in [-0.05, 0) is 60.7 Å². The monoisotopic (exact) mass is 403 g/mol. The normalized spacial score (nSPS) is 9.73. The Bertz CT molecular complexity index is 703. The summed E-state index contributed by atoms with van der Waals surface area (Å²) in [5, 5.41) is -1.52. The van der Waals surface area contributed by atoms with E-state index in [9.17, 15) is 19.2 Å². The van der Waals surface area contributed by atoms with Gasteiger partial charge in [-0.25, -0.2) is 0 Å². The first-order chi connectivity index (χ1) is 12.0. The topological polar surface area (TPSA) is 80.8 Å². The zero-order valence-corrected chi connectivity index (χ0v) is 17.5. The van der Waals surface area contributed by atoms with Crippen molar-refractivity contribution in [2.45, 2.75) is 41.5 Å². The van der Waals surface area contributed by atoms with Gasteiger partial charge in [0.2, 0.25) is 0 Å². The van der Waals surface area contributed by atoms with Gasteiger partial charge in [0, 0.05) is 25.1 Å². The number of carbonyl (C=O) groups excluding carboxylic acids is 4. The number of carbonyl (C=O) groups is 4. The molecule has 26 heavy (non-hydrogen) atoms. The van der Waals surface area contributed by atoms with E-state index in [-0.39, 0.29) is 11.1 Å². The van der Waals surface area contributed by atoms with Crippen molar-refractivity contribution in [2.75, 3.05) is 18.6 Å². The Morgan fingerprint density at radius 3 is 1.58 bits per heavy atom. The zero-order chi connectivity index (χ0) is 20.8. The number of hydrogen-bond donors (Lipinski definition) is 0. The molecule has 0 aromatic heterocycles. The van der Waals surface area contributed by atoms with E-state index < -0.39 is 29.0 Å². The summed E-state index contributed by atoms with van der Waals surface area (Å²) in [6.45, 7) is 9.51.